The summed E-state index contributed by atoms with van der Waals surface area (Å²) in [5, 5.41) is 9.30. The van der Waals surface area contributed by atoms with Crippen molar-refractivity contribution in [2.75, 3.05) is 5.75 Å². The molecule has 0 aliphatic heterocycles. The first-order chi connectivity index (χ1) is 13.7. The van der Waals surface area contributed by atoms with E-state index in [2.05, 4.69) is 24.0 Å². The third kappa shape index (κ3) is 5.86. The molecule has 2 atom stereocenters. The van der Waals surface area contributed by atoms with Gasteiger partial charge in [0.05, 0.1) is 12.7 Å². The number of aryl methyl sites for hydroxylation is 2. The highest BCUT2D eigenvalue weighted by atomic mass is 32.2. The van der Waals surface area contributed by atoms with E-state index in [9.17, 15) is 9.90 Å². The summed E-state index contributed by atoms with van der Waals surface area (Å²) in [5.41, 5.74) is 3.03. The maximum Gasteiger partial charge on any atom is 0.319 e. The van der Waals surface area contributed by atoms with E-state index in [1.807, 2.05) is 19.1 Å². The molecule has 2 unspecified atom stereocenters. The third-order valence-corrected chi connectivity index (χ3v) is 7.11. The number of thioether (sulfide) groups is 1. The predicted octanol–water partition coefficient (Wildman–Crippen LogP) is 5.63. The first-order valence-electron chi connectivity index (χ1n) is 10.3. The van der Waals surface area contributed by atoms with Gasteiger partial charge < -0.3 is 14.3 Å². The Kier molecular flexibility index (Phi) is 7.06. The lowest BCUT2D eigenvalue weighted by molar-refractivity contribution is -0.138. The first kappa shape index (κ1) is 21.9. The molecule has 0 saturated heterocycles. The molecule has 0 bridgehead atoms. The molecular formula is C23H31NO4S. The van der Waals surface area contributed by atoms with Crippen molar-refractivity contribution in [2.24, 2.45) is 5.92 Å². The van der Waals surface area contributed by atoms with Crippen LogP contribution < -0.4 is 0 Å². The van der Waals surface area contributed by atoms with Gasteiger partial charge in [0.1, 0.15) is 16.2 Å². The van der Waals surface area contributed by atoms with Crippen LogP contribution in [0.1, 0.15) is 56.5 Å². The van der Waals surface area contributed by atoms with Crippen molar-refractivity contribution in [3.05, 3.63) is 41.3 Å². The molecule has 1 aromatic heterocycles. The number of hydrogen-bond acceptors (Lipinski definition) is 5. The molecule has 6 heteroatoms. The highest BCUT2D eigenvalue weighted by Gasteiger charge is 2.30. The second-order valence-corrected chi connectivity index (χ2v) is 10.1. The lowest BCUT2D eigenvalue weighted by Crippen LogP contribution is -2.30. The Balaban J connectivity index is 1.53. The zero-order valence-electron chi connectivity index (χ0n) is 17.7. The second-order valence-electron chi connectivity index (χ2n) is 8.48. The van der Waals surface area contributed by atoms with Gasteiger partial charge in [0.2, 0.25) is 5.89 Å². The van der Waals surface area contributed by atoms with E-state index in [0.717, 1.165) is 48.5 Å². The van der Waals surface area contributed by atoms with Gasteiger partial charge in [0.15, 0.2) is 0 Å². The van der Waals surface area contributed by atoms with Crippen LogP contribution >= 0.6 is 11.8 Å². The Hall–Kier alpha value is -1.79. The van der Waals surface area contributed by atoms with Gasteiger partial charge in [-0.05, 0) is 70.8 Å². The van der Waals surface area contributed by atoms with Crippen molar-refractivity contribution in [1.29, 1.82) is 0 Å². The number of ether oxygens (including phenoxy) is 1. The molecule has 0 amide bonds. The van der Waals surface area contributed by atoms with Gasteiger partial charge in [-0.1, -0.05) is 24.1 Å². The zero-order valence-corrected chi connectivity index (χ0v) is 18.6. The maximum atomic E-state index is 11.3. The summed E-state index contributed by atoms with van der Waals surface area (Å²) in [6, 6.07) is 8.15. The van der Waals surface area contributed by atoms with Crippen molar-refractivity contribution >= 4 is 17.7 Å². The van der Waals surface area contributed by atoms with E-state index in [4.69, 9.17) is 9.15 Å². The summed E-state index contributed by atoms with van der Waals surface area (Å²) in [4.78, 5) is 15.9. The smallest absolute Gasteiger partial charge is 0.319 e. The molecule has 5 nitrogen and oxygen atoms in total. The molecule has 1 fully saturated rings. The number of rotatable bonds is 8. The van der Waals surface area contributed by atoms with E-state index in [0.29, 0.717) is 18.4 Å². The standard InChI is InChI=1S/C23H31NO4S/c1-15-8-10-18(11-9-15)21-24-20(16(2)28-21)13-27-19-7-5-6-17(12-19)14-29-23(3,4)22(25)26/h8-11,17,19H,5-7,12-14H2,1-4H3,(H,25,26). The highest BCUT2D eigenvalue weighted by molar-refractivity contribution is 8.01. The van der Waals surface area contributed by atoms with Crippen LogP contribution in [0.15, 0.2) is 28.7 Å². The van der Waals surface area contributed by atoms with Crippen molar-refractivity contribution in [3.8, 4) is 11.5 Å². The summed E-state index contributed by atoms with van der Waals surface area (Å²) < 4.78 is 11.3. The molecule has 1 aliphatic carbocycles. The Morgan fingerprint density at radius 1 is 1.28 bits per heavy atom. The monoisotopic (exact) mass is 417 g/mol. The van der Waals surface area contributed by atoms with Crippen LogP contribution in [0.3, 0.4) is 0 Å². The van der Waals surface area contributed by atoms with Gasteiger partial charge in [0, 0.05) is 5.56 Å². The summed E-state index contributed by atoms with van der Waals surface area (Å²) >= 11 is 1.53. The minimum atomic E-state index is -0.753. The fourth-order valence-corrected chi connectivity index (χ4v) is 4.59. The van der Waals surface area contributed by atoms with E-state index < -0.39 is 10.7 Å². The molecule has 3 rings (SSSR count). The number of aromatic nitrogens is 1. The number of nitrogens with zero attached hydrogens (tertiary/aromatic N) is 1. The third-order valence-electron chi connectivity index (χ3n) is 5.58. The number of aliphatic carboxylic acids is 1. The van der Waals surface area contributed by atoms with E-state index in [-0.39, 0.29) is 6.10 Å². The van der Waals surface area contributed by atoms with Gasteiger partial charge in [-0.2, -0.15) is 0 Å². The Labute approximate surface area is 177 Å². The molecule has 1 aromatic carbocycles. The largest absolute Gasteiger partial charge is 0.480 e. The Morgan fingerprint density at radius 3 is 2.69 bits per heavy atom. The first-order valence-corrected chi connectivity index (χ1v) is 11.3. The van der Waals surface area contributed by atoms with Crippen molar-refractivity contribution in [3.63, 3.8) is 0 Å². The van der Waals surface area contributed by atoms with Crippen molar-refractivity contribution in [2.45, 2.75) is 70.8 Å². The highest BCUT2D eigenvalue weighted by Crippen LogP contribution is 2.34. The molecular weight excluding hydrogens is 386 g/mol. The minimum absolute atomic E-state index is 0.196. The number of carboxylic acid groups (broad SMARTS) is 1. The molecule has 1 N–H and O–H groups in total. The topological polar surface area (TPSA) is 72.6 Å². The average Bonchev–Trinajstić information content (AvgIpc) is 3.06. The summed E-state index contributed by atoms with van der Waals surface area (Å²) in [6.45, 7) is 7.98. The van der Waals surface area contributed by atoms with Crippen LogP contribution in [0.25, 0.3) is 11.5 Å². The van der Waals surface area contributed by atoms with Crippen LogP contribution in [-0.2, 0) is 16.1 Å². The fraction of sp³-hybridized carbons (Fsp3) is 0.565. The molecule has 1 heterocycles. The normalized spacial score (nSPS) is 20.0. The predicted molar refractivity (Wildman–Crippen MR) is 116 cm³/mol. The van der Waals surface area contributed by atoms with Crippen LogP contribution in [0, 0.1) is 19.8 Å². The van der Waals surface area contributed by atoms with Crippen LogP contribution in [0.5, 0.6) is 0 Å². The van der Waals surface area contributed by atoms with Gasteiger partial charge in [-0.3, -0.25) is 4.79 Å². The molecule has 1 saturated carbocycles. The van der Waals surface area contributed by atoms with Crippen LogP contribution in [0.4, 0.5) is 0 Å². The van der Waals surface area contributed by atoms with Crippen molar-refractivity contribution in [1.82, 2.24) is 4.98 Å². The Morgan fingerprint density at radius 2 is 2.00 bits per heavy atom. The number of carboxylic acids is 1. The van der Waals surface area contributed by atoms with E-state index in [1.165, 1.54) is 17.3 Å². The zero-order chi connectivity index (χ0) is 21.0. The second kappa shape index (κ2) is 9.35. The molecule has 1 aliphatic rings. The average molecular weight is 418 g/mol. The summed E-state index contributed by atoms with van der Waals surface area (Å²) in [5.74, 6) is 2.04. The number of oxazole rings is 1. The van der Waals surface area contributed by atoms with Crippen LogP contribution in [0.2, 0.25) is 0 Å². The van der Waals surface area contributed by atoms with E-state index >= 15 is 0 Å². The summed E-state index contributed by atoms with van der Waals surface area (Å²) in [6.07, 6.45) is 4.48. The van der Waals surface area contributed by atoms with E-state index in [1.54, 1.807) is 13.8 Å². The fourth-order valence-electron chi connectivity index (χ4n) is 3.51. The lowest BCUT2D eigenvalue weighted by atomic mass is 9.88. The maximum absolute atomic E-state index is 11.3. The summed E-state index contributed by atoms with van der Waals surface area (Å²) in [7, 11) is 0. The number of carbonyl (C=O) groups is 1. The molecule has 158 valence electrons. The molecule has 0 spiro atoms. The minimum Gasteiger partial charge on any atom is -0.480 e. The van der Waals surface area contributed by atoms with Crippen molar-refractivity contribution < 1.29 is 19.1 Å². The molecule has 2 aromatic rings. The van der Waals surface area contributed by atoms with Gasteiger partial charge >= 0.3 is 5.97 Å². The van der Waals surface area contributed by atoms with Gasteiger partial charge in [-0.15, -0.1) is 11.8 Å². The quantitative estimate of drug-likeness (QED) is 0.600. The SMILES string of the molecule is Cc1ccc(-c2nc(COC3CCCC(CSC(C)(C)C(=O)O)C3)c(C)o2)cc1. The molecule has 29 heavy (non-hydrogen) atoms. The van der Waals surface area contributed by atoms with Gasteiger partial charge in [0.25, 0.3) is 0 Å². The lowest BCUT2D eigenvalue weighted by Gasteiger charge is -2.30. The number of benzene rings is 1. The Bertz CT molecular complexity index is 828. The van der Waals surface area contributed by atoms with Crippen LogP contribution in [-0.4, -0.2) is 32.7 Å². The van der Waals surface area contributed by atoms with Gasteiger partial charge in [-0.25, -0.2) is 4.98 Å². The number of hydrogen-bond donors (Lipinski definition) is 1. The molecule has 0 radical (unpaired) electrons.